The van der Waals surface area contributed by atoms with Crippen LogP contribution in [0.15, 0.2) is 61.2 Å². The Morgan fingerprint density at radius 1 is 0.972 bits per heavy atom. The van der Waals surface area contributed by atoms with Crippen molar-refractivity contribution in [1.82, 2.24) is 19.5 Å². The Labute approximate surface area is 212 Å². The molecule has 2 aromatic heterocycles. The van der Waals surface area contributed by atoms with Crippen LogP contribution in [0.4, 0.5) is 0 Å². The molecule has 0 bridgehead atoms. The first-order valence-corrected chi connectivity index (χ1v) is 11.8. The Bertz CT molecular complexity index is 1400. The number of benzene rings is 2. The van der Waals surface area contributed by atoms with Crippen LogP contribution in [-0.4, -0.2) is 50.3 Å². The van der Waals surface area contributed by atoms with Crippen molar-refractivity contribution < 1.29 is 23.8 Å². The van der Waals surface area contributed by atoms with E-state index in [1.165, 1.54) is 6.33 Å². The lowest BCUT2D eigenvalue weighted by atomic mass is 10.1. The second-order valence-corrected chi connectivity index (χ2v) is 8.99. The van der Waals surface area contributed by atoms with Gasteiger partial charge in [0, 0.05) is 6.42 Å². The number of ether oxygens (including phenoxy) is 3. The monoisotopic (exact) mass is 506 g/mol. The van der Waals surface area contributed by atoms with Crippen molar-refractivity contribution in [3.05, 3.63) is 88.6 Å². The van der Waals surface area contributed by atoms with Gasteiger partial charge in [0.15, 0.2) is 10.8 Å². The summed E-state index contributed by atoms with van der Waals surface area (Å²) < 4.78 is 19.2. The van der Waals surface area contributed by atoms with E-state index in [-0.39, 0.29) is 11.8 Å². The average molecular weight is 507 g/mol. The zero-order valence-corrected chi connectivity index (χ0v) is 20.4. The fraction of sp³-hybridized carbons (Fsp3) is 0.269. The molecule has 5 rings (SSSR count). The van der Waals surface area contributed by atoms with Gasteiger partial charge in [-0.15, -0.1) is 0 Å². The minimum absolute atomic E-state index is 0.105. The molecule has 0 N–H and O–H groups in total. The lowest BCUT2D eigenvalue weighted by Gasteiger charge is -2.19. The predicted molar refractivity (Wildman–Crippen MR) is 131 cm³/mol. The minimum Gasteiger partial charge on any atom is -0.459 e. The van der Waals surface area contributed by atoms with Crippen molar-refractivity contribution in [3.63, 3.8) is 0 Å². The van der Waals surface area contributed by atoms with E-state index < -0.39 is 30.4 Å². The molecular weight excluding hydrogens is 484 g/mol. The normalized spacial score (nSPS) is 19.4. The van der Waals surface area contributed by atoms with Crippen LogP contribution in [0, 0.1) is 13.8 Å². The number of hydrogen-bond acceptors (Lipinski definition) is 8. The molecule has 4 aromatic rings. The molecule has 0 unspecified atom stereocenters. The summed E-state index contributed by atoms with van der Waals surface area (Å²) in [6, 6.07) is 14.2. The molecule has 0 aliphatic carbocycles. The van der Waals surface area contributed by atoms with E-state index in [0.717, 1.165) is 11.1 Å². The van der Waals surface area contributed by atoms with Gasteiger partial charge in [0.1, 0.15) is 36.9 Å². The fourth-order valence-corrected chi connectivity index (χ4v) is 4.26. The van der Waals surface area contributed by atoms with Gasteiger partial charge in [0.2, 0.25) is 0 Å². The van der Waals surface area contributed by atoms with Gasteiger partial charge < -0.3 is 14.2 Å². The minimum atomic E-state index is -0.709. The highest BCUT2D eigenvalue weighted by atomic mass is 35.5. The lowest BCUT2D eigenvalue weighted by molar-refractivity contribution is -0.0562. The first kappa shape index (κ1) is 23.9. The molecular formula is C26H23ClN4O5. The Kier molecular flexibility index (Phi) is 6.67. The van der Waals surface area contributed by atoms with Crippen molar-refractivity contribution in [1.29, 1.82) is 0 Å². The molecule has 2 aromatic carbocycles. The second kappa shape index (κ2) is 10.0. The maximum atomic E-state index is 12.9. The summed E-state index contributed by atoms with van der Waals surface area (Å²) in [6.45, 7) is 3.77. The summed E-state index contributed by atoms with van der Waals surface area (Å²) in [5.74, 6) is -0.980. The van der Waals surface area contributed by atoms with E-state index in [1.807, 2.05) is 38.1 Å². The SMILES string of the molecule is Cc1ccc(C(=O)OC[C@H]2O[C@H](n3cnc4ncnc(Cl)c43)C[C@@H]2OC(=O)c2ccc(C)cc2)cc1. The Morgan fingerprint density at radius 3 is 2.28 bits per heavy atom. The Balaban J connectivity index is 1.36. The third kappa shape index (κ3) is 4.93. The molecule has 0 spiro atoms. The number of imidazole rings is 1. The Hall–Kier alpha value is -3.82. The van der Waals surface area contributed by atoms with Gasteiger partial charge in [-0.1, -0.05) is 47.0 Å². The van der Waals surface area contributed by atoms with Gasteiger partial charge in [-0.05, 0) is 38.1 Å². The summed E-state index contributed by atoms with van der Waals surface area (Å²) in [5.41, 5.74) is 3.83. The van der Waals surface area contributed by atoms with Crippen LogP contribution < -0.4 is 0 Å². The van der Waals surface area contributed by atoms with Crippen LogP contribution in [-0.2, 0) is 14.2 Å². The molecule has 10 heteroatoms. The highest BCUT2D eigenvalue weighted by molar-refractivity contribution is 6.33. The third-order valence-corrected chi connectivity index (χ3v) is 6.30. The van der Waals surface area contributed by atoms with E-state index in [1.54, 1.807) is 35.2 Å². The average Bonchev–Trinajstić information content (AvgIpc) is 3.48. The maximum absolute atomic E-state index is 12.9. The molecule has 3 atom stereocenters. The summed E-state index contributed by atoms with van der Waals surface area (Å²) in [4.78, 5) is 37.9. The predicted octanol–water partition coefficient (Wildman–Crippen LogP) is 4.47. The molecule has 36 heavy (non-hydrogen) atoms. The smallest absolute Gasteiger partial charge is 0.338 e. The molecule has 0 saturated carbocycles. The first-order chi connectivity index (χ1) is 17.4. The second-order valence-electron chi connectivity index (χ2n) is 8.63. The first-order valence-electron chi connectivity index (χ1n) is 11.4. The van der Waals surface area contributed by atoms with Gasteiger partial charge in [0.25, 0.3) is 0 Å². The van der Waals surface area contributed by atoms with E-state index in [4.69, 9.17) is 25.8 Å². The molecule has 0 radical (unpaired) electrons. The van der Waals surface area contributed by atoms with E-state index in [2.05, 4.69) is 15.0 Å². The highest BCUT2D eigenvalue weighted by Crippen LogP contribution is 2.34. The van der Waals surface area contributed by atoms with Gasteiger partial charge >= 0.3 is 11.9 Å². The summed E-state index contributed by atoms with van der Waals surface area (Å²) in [7, 11) is 0. The standard InChI is InChI=1S/C26H23ClN4O5/c1-15-3-7-17(8-4-15)25(32)34-12-20-19(36-26(33)18-9-5-16(2)6-10-18)11-21(35-20)31-14-30-24-22(31)23(27)28-13-29-24/h3-10,13-14,19-21H,11-12H2,1-2H3/t19-,20+,21-/m0/s1. The van der Waals surface area contributed by atoms with Gasteiger partial charge in [-0.25, -0.2) is 24.5 Å². The van der Waals surface area contributed by atoms with E-state index >= 15 is 0 Å². The summed E-state index contributed by atoms with van der Waals surface area (Å²) in [5, 5.41) is 0.226. The highest BCUT2D eigenvalue weighted by Gasteiger charge is 2.40. The zero-order valence-electron chi connectivity index (χ0n) is 19.6. The topological polar surface area (TPSA) is 105 Å². The molecule has 0 amide bonds. The molecule has 3 heterocycles. The van der Waals surface area contributed by atoms with Crippen LogP contribution in [0.5, 0.6) is 0 Å². The number of fused-ring (bicyclic) bond motifs is 1. The van der Waals surface area contributed by atoms with Crippen LogP contribution in [0.1, 0.15) is 44.5 Å². The van der Waals surface area contributed by atoms with Crippen LogP contribution in [0.3, 0.4) is 0 Å². The maximum Gasteiger partial charge on any atom is 0.338 e. The number of aromatic nitrogens is 4. The zero-order chi connectivity index (χ0) is 25.2. The number of esters is 2. The number of aryl methyl sites for hydroxylation is 2. The van der Waals surface area contributed by atoms with Gasteiger partial charge in [0.05, 0.1) is 17.5 Å². The molecule has 1 aliphatic heterocycles. The van der Waals surface area contributed by atoms with Crippen LogP contribution in [0.2, 0.25) is 5.15 Å². The van der Waals surface area contributed by atoms with Crippen molar-refractivity contribution in [2.24, 2.45) is 0 Å². The molecule has 1 fully saturated rings. The Morgan fingerprint density at radius 2 is 1.61 bits per heavy atom. The molecule has 184 valence electrons. The van der Waals surface area contributed by atoms with Gasteiger partial charge in [-0.2, -0.15) is 0 Å². The van der Waals surface area contributed by atoms with Crippen molar-refractivity contribution in [2.45, 2.75) is 38.7 Å². The van der Waals surface area contributed by atoms with Crippen LogP contribution in [0.25, 0.3) is 11.2 Å². The number of carbonyl (C=O) groups excluding carboxylic acids is 2. The number of carbonyl (C=O) groups is 2. The number of halogens is 1. The van der Waals surface area contributed by atoms with Gasteiger partial charge in [-0.3, -0.25) is 4.57 Å². The van der Waals surface area contributed by atoms with Crippen molar-refractivity contribution >= 4 is 34.7 Å². The summed E-state index contributed by atoms with van der Waals surface area (Å²) in [6.07, 6.45) is 1.19. The van der Waals surface area contributed by atoms with E-state index in [0.29, 0.717) is 28.7 Å². The van der Waals surface area contributed by atoms with E-state index in [9.17, 15) is 9.59 Å². The number of rotatable bonds is 6. The molecule has 9 nitrogen and oxygen atoms in total. The van der Waals surface area contributed by atoms with Crippen molar-refractivity contribution in [3.8, 4) is 0 Å². The summed E-state index contributed by atoms with van der Waals surface area (Å²) >= 11 is 6.29. The van der Waals surface area contributed by atoms with Crippen LogP contribution >= 0.6 is 11.6 Å². The van der Waals surface area contributed by atoms with Crippen molar-refractivity contribution in [2.75, 3.05) is 6.61 Å². The molecule has 1 aliphatic rings. The number of nitrogens with zero attached hydrogens (tertiary/aromatic N) is 4. The number of hydrogen-bond donors (Lipinski definition) is 0. The third-order valence-electron chi connectivity index (χ3n) is 6.02. The fourth-order valence-electron chi connectivity index (χ4n) is 4.03. The lowest BCUT2D eigenvalue weighted by Crippen LogP contribution is -2.32. The molecule has 1 saturated heterocycles. The largest absolute Gasteiger partial charge is 0.459 e. The quantitative estimate of drug-likeness (QED) is 0.278.